The van der Waals surface area contributed by atoms with Crippen LogP contribution in [0, 0.1) is 5.92 Å². The molecule has 102 valence electrons. The van der Waals surface area contributed by atoms with Gasteiger partial charge in [-0.2, -0.15) is 0 Å². The van der Waals surface area contributed by atoms with Crippen molar-refractivity contribution in [2.45, 2.75) is 16.8 Å². The van der Waals surface area contributed by atoms with E-state index in [0.717, 1.165) is 17.0 Å². The zero-order valence-corrected chi connectivity index (χ0v) is 14.3. The van der Waals surface area contributed by atoms with E-state index in [2.05, 4.69) is 70.5 Å². The van der Waals surface area contributed by atoms with E-state index in [1.165, 1.54) is 16.4 Å². The SMILES string of the molecule is Brc1ccc([C@@H]2OC[C@@H]3C[C@@]32[Se]c2ccccc2)cc1. The van der Waals surface area contributed by atoms with Crippen LogP contribution in [0.3, 0.4) is 0 Å². The maximum absolute atomic E-state index is 6.12. The Kier molecular flexibility index (Phi) is 3.27. The molecule has 2 fully saturated rings. The summed E-state index contributed by atoms with van der Waals surface area (Å²) in [5.41, 5.74) is 1.34. The van der Waals surface area contributed by atoms with Crippen LogP contribution in [0.5, 0.6) is 0 Å². The van der Waals surface area contributed by atoms with Crippen LogP contribution in [-0.2, 0) is 4.74 Å². The van der Waals surface area contributed by atoms with Crippen molar-refractivity contribution in [3.8, 4) is 0 Å². The van der Waals surface area contributed by atoms with Gasteiger partial charge >= 0.3 is 134 Å². The fourth-order valence-corrected chi connectivity index (χ4v) is 6.65. The van der Waals surface area contributed by atoms with Crippen LogP contribution in [0.1, 0.15) is 18.1 Å². The molecule has 0 amide bonds. The van der Waals surface area contributed by atoms with Crippen LogP contribution in [0.2, 0.25) is 4.31 Å². The minimum atomic E-state index is 0.292. The second-order valence-corrected chi connectivity index (χ2v) is 9.46. The number of rotatable bonds is 3. The van der Waals surface area contributed by atoms with Gasteiger partial charge in [0.15, 0.2) is 0 Å². The van der Waals surface area contributed by atoms with E-state index in [4.69, 9.17) is 4.74 Å². The molecular formula is C17H15BrOSe. The molecule has 2 aromatic rings. The predicted octanol–water partition coefficient (Wildman–Crippen LogP) is 3.73. The molecule has 1 saturated heterocycles. The first kappa shape index (κ1) is 13.1. The molecule has 0 aromatic heterocycles. The zero-order valence-electron chi connectivity index (χ0n) is 11.0. The number of hydrogen-bond acceptors (Lipinski definition) is 1. The molecule has 0 bridgehead atoms. The van der Waals surface area contributed by atoms with Crippen LogP contribution in [0.4, 0.5) is 0 Å². The van der Waals surface area contributed by atoms with E-state index in [1.54, 1.807) is 0 Å². The summed E-state index contributed by atoms with van der Waals surface area (Å²) >= 11 is 4.00. The molecular weight excluding hydrogens is 379 g/mol. The zero-order chi connectivity index (χ0) is 13.6. The Morgan fingerprint density at radius 3 is 2.50 bits per heavy atom. The molecule has 4 rings (SSSR count). The molecule has 1 heterocycles. The fraction of sp³-hybridized carbons (Fsp3) is 0.294. The maximum atomic E-state index is 6.12. The van der Waals surface area contributed by atoms with Crippen molar-refractivity contribution in [3.05, 3.63) is 64.6 Å². The normalized spacial score (nSPS) is 31.1. The number of fused-ring (bicyclic) bond motifs is 1. The molecule has 1 saturated carbocycles. The average Bonchev–Trinajstić information content (AvgIpc) is 3.06. The van der Waals surface area contributed by atoms with Gasteiger partial charge in [-0.3, -0.25) is 0 Å². The van der Waals surface area contributed by atoms with Crippen molar-refractivity contribution >= 4 is 35.3 Å². The Bertz CT molecular complexity index is 613. The molecule has 2 aliphatic rings. The van der Waals surface area contributed by atoms with Crippen LogP contribution in [-0.4, -0.2) is 21.6 Å². The summed E-state index contributed by atoms with van der Waals surface area (Å²) in [5.74, 6) is 0.774. The molecule has 20 heavy (non-hydrogen) atoms. The van der Waals surface area contributed by atoms with Crippen molar-refractivity contribution < 1.29 is 4.74 Å². The molecule has 0 radical (unpaired) electrons. The summed E-state index contributed by atoms with van der Waals surface area (Å²) < 4.78 is 9.15. The third-order valence-corrected chi connectivity index (χ3v) is 8.12. The summed E-state index contributed by atoms with van der Waals surface area (Å²) in [7, 11) is 0. The Labute approximate surface area is 134 Å². The second kappa shape index (κ2) is 4.99. The molecule has 2 aromatic carbocycles. The molecule has 0 unspecified atom stereocenters. The first-order valence-electron chi connectivity index (χ1n) is 6.89. The van der Waals surface area contributed by atoms with Crippen molar-refractivity contribution in [2.75, 3.05) is 6.61 Å². The number of ether oxygens (including phenoxy) is 1. The van der Waals surface area contributed by atoms with Gasteiger partial charge in [0.1, 0.15) is 0 Å². The van der Waals surface area contributed by atoms with Gasteiger partial charge in [-0.15, -0.1) is 0 Å². The van der Waals surface area contributed by atoms with Crippen LogP contribution in [0.25, 0.3) is 0 Å². The molecule has 0 spiro atoms. The Morgan fingerprint density at radius 2 is 1.80 bits per heavy atom. The van der Waals surface area contributed by atoms with E-state index in [-0.39, 0.29) is 0 Å². The van der Waals surface area contributed by atoms with E-state index in [9.17, 15) is 0 Å². The molecule has 0 N–H and O–H groups in total. The molecule has 3 atom stereocenters. The Hall–Kier alpha value is -0.601. The van der Waals surface area contributed by atoms with Crippen molar-refractivity contribution in [1.29, 1.82) is 0 Å². The third kappa shape index (κ3) is 2.17. The van der Waals surface area contributed by atoms with Crippen molar-refractivity contribution in [3.63, 3.8) is 0 Å². The van der Waals surface area contributed by atoms with E-state index in [0.29, 0.717) is 25.4 Å². The average molecular weight is 394 g/mol. The quantitative estimate of drug-likeness (QED) is 0.722. The van der Waals surface area contributed by atoms with Gasteiger partial charge in [0.05, 0.1) is 0 Å². The summed E-state index contributed by atoms with van der Waals surface area (Å²) in [6, 6.07) is 19.6. The number of halogens is 1. The number of hydrogen-bond donors (Lipinski definition) is 0. The van der Waals surface area contributed by atoms with Gasteiger partial charge in [-0.05, 0) is 0 Å². The van der Waals surface area contributed by atoms with Gasteiger partial charge in [-0.1, -0.05) is 0 Å². The third-order valence-electron chi connectivity index (χ3n) is 4.23. The second-order valence-electron chi connectivity index (χ2n) is 5.54. The van der Waals surface area contributed by atoms with Gasteiger partial charge in [0, 0.05) is 0 Å². The van der Waals surface area contributed by atoms with Crippen LogP contribution in [0.15, 0.2) is 59.1 Å². The van der Waals surface area contributed by atoms with Crippen LogP contribution >= 0.6 is 15.9 Å². The monoisotopic (exact) mass is 394 g/mol. The first-order valence-corrected chi connectivity index (χ1v) is 9.40. The molecule has 3 heteroatoms. The Morgan fingerprint density at radius 1 is 1.05 bits per heavy atom. The molecule has 1 aliphatic carbocycles. The van der Waals surface area contributed by atoms with E-state index >= 15 is 0 Å². The molecule has 1 aliphatic heterocycles. The van der Waals surface area contributed by atoms with Crippen molar-refractivity contribution in [2.24, 2.45) is 5.92 Å². The van der Waals surface area contributed by atoms with E-state index < -0.39 is 0 Å². The summed E-state index contributed by atoms with van der Waals surface area (Å²) in [6.45, 7) is 0.940. The van der Waals surface area contributed by atoms with E-state index in [1.807, 2.05) is 0 Å². The summed E-state index contributed by atoms with van der Waals surface area (Å²) in [6.07, 6.45) is 1.63. The fourth-order valence-electron chi connectivity index (χ4n) is 3.10. The topological polar surface area (TPSA) is 9.23 Å². The minimum absolute atomic E-state index is 0.292. The number of benzene rings is 2. The Balaban J connectivity index is 1.63. The summed E-state index contributed by atoms with van der Waals surface area (Å²) in [5, 5.41) is 0. The van der Waals surface area contributed by atoms with Gasteiger partial charge < -0.3 is 0 Å². The van der Waals surface area contributed by atoms with Crippen molar-refractivity contribution in [1.82, 2.24) is 0 Å². The molecule has 1 nitrogen and oxygen atoms in total. The van der Waals surface area contributed by atoms with Crippen LogP contribution < -0.4 is 4.46 Å². The predicted molar refractivity (Wildman–Crippen MR) is 85.5 cm³/mol. The summed E-state index contributed by atoms with van der Waals surface area (Å²) in [4.78, 5) is 0. The standard InChI is InChI=1S/C17H15BrOSe/c18-14-8-6-12(7-9-14)16-17(10-13(17)11-19-16)20-15-4-2-1-3-5-15/h1-9,13,16H,10-11H2/t13-,16-,17+/m0/s1. The van der Waals surface area contributed by atoms with Gasteiger partial charge in [0.25, 0.3) is 0 Å². The van der Waals surface area contributed by atoms with Gasteiger partial charge in [-0.25, -0.2) is 0 Å². The first-order chi connectivity index (χ1) is 9.78. The van der Waals surface area contributed by atoms with Gasteiger partial charge in [0.2, 0.25) is 0 Å².